The Kier molecular flexibility index (Phi) is 3.97. The van der Waals surface area contributed by atoms with Crippen molar-refractivity contribution in [1.82, 2.24) is 4.98 Å². The molecule has 1 aromatic carbocycles. The van der Waals surface area contributed by atoms with E-state index in [2.05, 4.69) is 18.0 Å². The van der Waals surface area contributed by atoms with Crippen LogP contribution >= 0.6 is 11.8 Å². The average molecular weight is 298 g/mol. The third-order valence-corrected chi connectivity index (χ3v) is 4.85. The van der Waals surface area contributed by atoms with Gasteiger partial charge in [0.05, 0.1) is 5.25 Å². The second-order valence-electron chi connectivity index (χ2n) is 5.33. The number of anilines is 1. The van der Waals surface area contributed by atoms with Gasteiger partial charge in [0.15, 0.2) is 0 Å². The molecular weight excluding hydrogens is 280 g/mol. The predicted octanol–water partition coefficient (Wildman–Crippen LogP) is 3.54. The van der Waals surface area contributed by atoms with Crippen LogP contribution in [0, 0.1) is 0 Å². The van der Waals surface area contributed by atoms with Gasteiger partial charge in [0.2, 0.25) is 5.91 Å². The molecule has 2 aromatic rings. The maximum atomic E-state index is 12.8. The highest BCUT2D eigenvalue weighted by atomic mass is 32.2. The summed E-state index contributed by atoms with van der Waals surface area (Å²) >= 11 is 1.58. The maximum Gasteiger partial charge on any atom is 0.240 e. The van der Waals surface area contributed by atoms with Gasteiger partial charge >= 0.3 is 0 Å². The standard InChI is InChI=1S/C17H18N2OS/c1-12-11-14-5-3-4-6-16(14)19(12)17(20)13(2)21-15-7-9-18-10-8-15/h3-10,12-13H,11H2,1-2H3/t12-,13-/m0/s1. The zero-order chi connectivity index (χ0) is 14.8. The first-order valence-corrected chi connectivity index (χ1v) is 8.02. The summed E-state index contributed by atoms with van der Waals surface area (Å²) in [4.78, 5) is 19.8. The number of pyridine rings is 1. The SMILES string of the molecule is C[C@H](Sc1ccncc1)C(=O)N1c2ccccc2C[C@@H]1C. The lowest BCUT2D eigenvalue weighted by molar-refractivity contribution is -0.118. The predicted molar refractivity (Wildman–Crippen MR) is 86.7 cm³/mol. The van der Waals surface area contributed by atoms with Crippen LogP contribution in [-0.2, 0) is 11.2 Å². The Balaban J connectivity index is 1.79. The molecular formula is C17H18N2OS. The summed E-state index contributed by atoms with van der Waals surface area (Å²) in [5.74, 6) is 0.175. The molecule has 0 radical (unpaired) electrons. The summed E-state index contributed by atoms with van der Waals surface area (Å²) < 4.78 is 0. The largest absolute Gasteiger partial charge is 0.308 e. The summed E-state index contributed by atoms with van der Waals surface area (Å²) in [5.41, 5.74) is 2.33. The molecule has 4 heteroatoms. The van der Waals surface area contributed by atoms with Crippen molar-refractivity contribution in [3.63, 3.8) is 0 Å². The zero-order valence-corrected chi connectivity index (χ0v) is 13.0. The van der Waals surface area contributed by atoms with Crippen molar-refractivity contribution >= 4 is 23.4 Å². The minimum Gasteiger partial charge on any atom is -0.308 e. The highest BCUT2D eigenvalue weighted by Crippen LogP contribution is 2.34. The first-order chi connectivity index (χ1) is 10.2. The molecule has 0 saturated carbocycles. The molecule has 1 aromatic heterocycles. The van der Waals surface area contributed by atoms with Gasteiger partial charge in [-0.05, 0) is 44.0 Å². The average Bonchev–Trinajstić information content (AvgIpc) is 2.83. The molecule has 0 spiro atoms. The van der Waals surface area contributed by atoms with E-state index >= 15 is 0 Å². The summed E-state index contributed by atoms with van der Waals surface area (Å²) in [7, 11) is 0. The maximum absolute atomic E-state index is 12.8. The van der Waals surface area contributed by atoms with Gasteiger partial charge in [0.25, 0.3) is 0 Å². The Hall–Kier alpha value is -1.81. The highest BCUT2D eigenvalue weighted by Gasteiger charge is 2.33. The van der Waals surface area contributed by atoms with E-state index in [-0.39, 0.29) is 17.2 Å². The fourth-order valence-corrected chi connectivity index (χ4v) is 3.67. The molecule has 0 unspecified atom stereocenters. The van der Waals surface area contributed by atoms with Crippen LogP contribution < -0.4 is 4.90 Å². The second-order valence-corrected chi connectivity index (χ2v) is 6.75. The van der Waals surface area contributed by atoms with Crippen molar-refractivity contribution in [3.8, 4) is 0 Å². The van der Waals surface area contributed by atoms with Crippen LogP contribution in [0.4, 0.5) is 5.69 Å². The number of nitrogens with zero attached hydrogens (tertiary/aromatic N) is 2. The van der Waals surface area contributed by atoms with Crippen LogP contribution in [0.2, 0.25) is 0 Å². The molecule has 1 amide bonds. The second kappa shape index (κ2) is 5.90. The number of amides is 1. The zero-order valence-electron chi connectivity index (χ0n) is 12.2. The number of aromatic nitrogens is 1. The number of rotatable bonds is 3. The molecule has 0 aliphatic carbocycles. The normalized spacial score (nSPS) is 18.4. The van der Waals surface area contributed by atoms with Gasteiger partial charge in [0.1, 0.15) is 0 Å². The summed E-state index contributed by atoms with van der Waals surface area (Å²) in [5, 5.41) is -0.110. The van der Waals surface area contributed by atoms with Gasteiger partial charge in [-0.25, -0.2) is 0 Å². The summed E-state index contributed by atoms with van der Waals surface area (Å²) in [6.07, 6.45) is 4.45. The van der Waals surface area contributed by atoms with E-state index in [1.807, 2.05) is 42.2 Å². The third-order valence-electron chi connectivity index (χ3n) is 3.76. The van der Waals surface area contributed by atoms with Crippen LogP contribution in [-0.4, -0.2) is 22.2 Å². The molecule has 2 heterocycles. The molecule has 21 heavy (non-hydrogen) atoms. The van der Waals surface area contributed by atoms with Crippen LogP contribution in [0.3, 0.4) is 0 Å². The van der Waals surface area contributed by atoms with Gasteiger partial charge in [-0.2, -0.15) is 0 Å². The van der Waals surface area contributed by atoms with E-state index in [9.17, 15) is 4.79 Å². The van der Waals surface area contributed by atoms with E-state index in [1.165, 1.54) is 5.56 Å². The quantitative estimate of drug-likeness (QED) is 0.813. The molecule has 0 saturated heterocycles. The van der Waals surface area contributed by atoms with Gasteiger partial charge in [-0.1, -0.05) is 18.2 Å². The number of benzene rings is 1. The minimum absolute atomic E-state index is 0.110. The number of carbonyl (C=O) groups is 1. The van der Waals surface area contributed by atoms with Gasteiger partial charge < -0.3 is 4.90 Å². The Morgan fingerprint density at radius 2 is 2.00 bits per heavy atom. The molecule has 3 rings (SSSR count). The molecule has 0 N–H and O–H groups in total. The monoisotopic (exact) mass is 298 g/mol. The Morgan fingerprint density at radius 3 is 2.76 bits per heavy atom. The number of fused-ring (bicyclic) bond motifs is 1. The topological polar surface area (TPSA) is 33.2 Å². The van der Waals surface area contributed by atoms with E-state index in [1.54, 1.807) is 24.2 Å². The minimum atomic E-state index is -0.110. The van der Waals surface area contributed by atoms with Crippen LogP contribution in [0.25, 0.3) is 0 Å². The number of thioether (sulfide) groups is 1. The summed E-state index contributed by atoms with van der Waals surface area (Å²) in [6.45, 7) is 4.09. The number of carbonyl (C=O) groups excluding carboxylic acids is 1. The van der Waals surface area contributed by atoms with E-state index < -0.39 is 0 Å². The van der Waals surface area contributed by atoms with Crippen molar-refractivity contribution in [3.05, 3.63) is 54.4 Å². The number of hydrogen-bond donors (Lipinski definition) is 0. The van der Waals surface area contributed by atoms with Crippen molar-refractivity contribution in [1.29, 1.82) is 0 Å². The van der Waals surface area contributed by atoms with Crippen molar-refractivity contribution in [2.75, 3.05) is 4.90 Å². The van der Waals surface area contributed by atoms with Crippen molar-refractivity contribution in [2.45, 2.75) is 36.5 Å². The van der Waals surface area contributed by atoms with E-state index in [0.29, 0.717) is 0 Å². The van der Waals surface area contributed by atoms with E-state index in [0.717, 1.165) is 17.0 Å². The van der Waals surface area contributed by atoms with Crippen molar-refractivity contribution < 1.29 is 4.79 Å². The molecule has 0 fully saturated rings. The van der Waals surface area contributed by atoms with Crippen LogP contribution in [0.5, 0.6) is 0 Å². The fourth-order valence-electron chi connectivity index (χ4n) is 2.77. The first-order valence-electron chi connectivity index (χ1n) is 7.14. The third kappa shape index (κ3) is 2.81. The van der Waals surface area contributed by atoms with Crippen LogP contribution in [0.15, 0.2) is 53.7 Å². The van der Waals surface area contributed by atoms with E-state index in [4.69, 9.17) is 0 Å². The molecule has 3 nitrogen and oxygen atoms in total. The highest BCUT2D eigenvalue weighted by molar-refractivity contribution is 8.00. The Morgan fingerprint density at radius 1 is 1.29 bits per heavy atom. The molecule has 0 bridgehead atoms. The molecule has 2 atom stereocenters. The van der Waals surface area contributed by atoms with Gasteiger partial charge in [0, 0.05) is 29.0 Å². The Labute approximate surface area is 129 Å². The lowest BCUT2D eigenvalue weighted by Crippen LogP contribution is -2.40. The Bertz CT molecular complexity index is 644. The van der Waals surface area contributed by atoms with Crippen LogP contribution in [0.1, 0.15) is 19.4 Å². The first kappa shape index (κ1) is 14.1. The summed E-state index contributed by atoms with van der Waals surface area (Å²) in [6, 6.07) is 12.3. The van der Waals surface area contributed by atoms with Crippen molar-refractivity contribution in [2.24, 2.45) is 0 Å². The molecule has 1 aliphatic rings. The number of hydrogen-bond acceptors (Lipinski definition) is 3. The smallest absolute Gasteiger partial charge is 0.240 e. The molecule has 108 valence electrons. The van der Waals surface area contributed by atoms with Gasteiger partial charge in [-0.15, -0.1) is 11.8 Å². The fraction of sp³-hybridized carbons (Fsp3) is 0.294. The lowest BCUT2D eigenvalue weighted by atomic mass is 10.1. The van der Waals surface area contributed by atoms with Gasteiger partial charge in [-0.3, -0.25) is 9.78 Å². The number of para-hydroxylation sites is 1. The molecule has 1 aliphatic heterocycles. The lowest BCUT2D eigenvalue weighted by Gasteiger charge is -2.25.